The summed E-state index contributed by atoms with van der Waals surface area (Å²) in [5.41, 5.74) is 3.26. The number of carbonyl (C=O) groups is 1. The Hall–Kier alpha value is -4.57. The molecule has 0 aliphatic heterocycles. The van der Waals surface area contributed by atoms with Crippen LogP contribution in [0.2, 0.25) is 0 Å². The van der Waals surface area contributed by atoms with Crippen molar-refractivity contribution in [3.8, 4) is 34.6 Å². The number of aryl methyl sites for hydroxylation is 2. The number of oxazole rings is 1. The number of anilines is 1. The van der Waals surface area contributed by atoms with E-state index in [1.54, 1.807) is 48.7 Å². The van der Waals surface area contributed by atoms with Crippen LogP contribution in [-0.4, -0.2) is 18.0 Å². The van der Waals surface area contributed by atoms with Gasteiger partial charge in [-0.25, -0.2) is 4.98 Å². The Morgan fingerprint density at radius 1 is 1.06 bits per heavy atom. The summed E-state index contributed by atoms with van der Waals surface area (Å²) in [6.07, 6.45) is 2.32. The standard InChI is InChI=1S/C27H23N3O4/c1-18-3-6-20(7-4-18)25-17-29-27(34-25)14-13-26(31)30-21-8-10-22(11-9-21)33-23-12-5-19(16-28)15-24(23)32-2/h3-12,15,17H,13-14H2,1-2H3,(H,30,31). The van der Waals surface area contributed by atoms with E-state index in [2.05, 4.69) is 16.4 Å². The van der Waals surface area contributed by atoms with E-state index in [-0.39, 0.29) is 12.3 Å². The number of hydrogen-bond donors (Lipinski definition) is 1. The number of aromatic nitrogens is 1. The van der Waals surface area contributed by atoms with Crippen LogP contribution in [0.5, 0.6) is 17.2 Å². The Bertz CT molecular complexity index is 1320. The molecule has 170 valence electrons. The van der Waals surface area contributed by atoms with Gasteiger partial charge in [-0.1, -0.05) is 29.8 Å². The number of amides is 1. The van der Waals surface area contributed by atoms with Gasteiger partial charge in [0, 0.05) is 30.2 Å². The van der Waals surface area contributed by atoms with Crippen LogP contribution in [0.1, 0.15) is 23.4 Å². The molecule has 0 fully saturated rings. The number of methoxy groups -OCH3 is 1. The number of ether oxygens (including phenoxy) is 2. The van der Waals surface area contributed by atoms with Gasteiger partial charge in [-0.2, -0.15) is 5.26 Å². The first-order valence-electron chi connectivity index (χ1n) is 10.7. The topological polar surface area (TPSA) is 97.4 Å². The average molecular weight is 453 g/mol. The number of nitriles is 1. The summed E-state index contributed by atoms with van der Waals surface area (Å²) in [7, 11) is 1.52. The van der Waals surface area contributed by atoms with Crippen LogP contribution in [0, 0.1) is 18.3 Å². The zero-order valence-corrected chi connectivity index (χ0v) is 18.9. The summed E-state index contributed by atoms with van der Waals surface area (Å²) in [5, 5.41) is 11.9. The molecule has 4 aromatic rings. The summed E-state index contributed by atoms with van der Waals surface area (Å²) >= 11 is 0. The van der Waals surface area contributed by atoms with Crippen LogP contribution >= 0.6 is 0 Å². The molecule has 7 heteroatoms. The molecule has 7 nitrogen and oxygen atoms in total. The highest BCUT2D eigenvalue weighted by atomic mass is 16.5. The zero-order chi connectivity index (χ0) is 23.9. The van der Waals surface area contributed by atoms with Crippen LogP contribution in [-0.2, 0) is 11.2 Å². The molecule has 0 spiro atoms. The zero-order valence-electron chi connectivity index (χ0n) is 18.9. The largest absolute Gasteiger partial charge is 0.493 e. The third kappa shape index (κ3) is 5.61. The van der Waals surface area contributed by atoms with Crippen LogP contribution in [0.15, 0.2) is 77.3 Å². The predicted octanol–water partition coefficient (Wildman–Crippen LogP) is 5.89. The maximum atomic E-state index is 12.4. The van der Waals surface area contributed by atoms with E-state index >= 15 is 0 Å². The molecule has 0 aliphatic rings. The second kappa shape index (κ2) is 10.4. The van der Waals surface area contributed by atoms with Crippen LogP contribution in [0.25, 0.3) is 11.3 Å². The molecule has 0 bridgehead atoms. The van der Waals surface area contributed by atoms with Crippen LogP contribution in [0.4, 0.5) is 5.69 Å². The summed E-state index contributed by atoms with van der Waals surface area (Å²) < 4.78 is 16.9. The molecule has 1 amide bonds. The number of hydrogen-bond acceptors (Lipinski definition) is 6. The molecule has 1 N–H and O–H groups in total. The monoisotopic (exact) mass is 453 g/mol. The Kier molecular flexibility index (Phi) is 6.89. The molecule has 3 aromatic carbocycles. The maximum Gasteiger partial charge on any atom is 0.224 e. The van der Waals surface area contributed by atoms with Crippen molar-refractivity contribution in [2.24, 2.45) is 0 Å². The molecule has 0 unspecified atom stereocenters. The van der Waals surface area contributed by atoms with Gasteiger partial charge in [0.05, 0.1) is 24.9 Å². The van der Waals surface area contributed by atoms with Crippen LogP contribution in [0.3, 0.4) is 0 Å². The predicted molar refractivity (Wildman–Crippen MR) is 128 cm³/mol. The van der Waals surface area contributed by atoms with E-state index in [0.717, 1.165) is 5.56 Å². The summed E-state index contributed by atoms with van der Waals surface area (Å²) in [6, 6.07) is 22.0. The van der Waals surface area contributed by atoms with E-state index in [1.165, 1.54) is 12.7 Å². The number of benzene rings is 3. The molecule has 34 heavy (non-hydrogen) atoms. The highest BCUT2D eigenvalue weighted by Gasteiger charge is 2.11. The van der Waals surface area contributed by atoms with Crippen molar-refractivity contribution in [2.45, 2.75) is 19.8 Å². The van der Waals surface area contributed by atoms with Crippen molar-refractivity contribution >= 4 is 11.6 Å². The number of rotatable bonds is 8. The van der Waals surface area contributed by atoms with E-state index in [4.69, 9.17) is 19.2 Å². The lowest BCUT2D eigenvalue weighted by atomic mass is 10.1. The Balaban J connectivity index is 1.30. The fraction of sp³-hybridized carbons (Fsp3) is 0.148. The second-order valence-corrected chi connectivity index (χ2v) is 7.64. The van der Waals surface area contributed by atoms with Crippen molar-refractivity contribution in [3.05, 3.63) is 89.9 Å². The van der Waals surface area contributed by atoms with Gasteiger partial charge < -0.3 is 19.2 Å². The van der Waals surface area contributed by atoms with Crippen LogP contribution < -0.4 is 14.8 Å². The average Bonchev–Trinajstić information content (AvgIpc) is 3.34. The fourth-order valence-electron chi connectivity index (χ4n) is 3.28. The molecule has 1 heterocycles. The van der Waals surface area contributed by atoms with Gasteiger partial charge >= 0.3 is 0 Å². The Morgan fingerprint density at radius 3 is 2.53 bits per heavy atom. The lowest BCUT2D eigenvalue weighted by molar-refractivity contribution is -0.116. The number of nitrogens with one attached hydrogen (secondary N) is 1. The molecule has 0 aliphatic carbocycles. The highest BCUT2D eigenvalue weighted by molar-refractivity contribution is 5.90. The summed E-state index contributed by atoms with van der Waals surface area (Å²) in [4.78, 5) is 16.6. The number of carbonyl (C=O) groups excluding carboxylic acids is 1. The molecule has 0 saturated heterocycles. The lowest BCUT2D eigenvalue weighted by Gasteiger charge is -2.11. The normalized spacial score (nSPS) is 10.4. The van der Waals surface area contributed by atoms with E-state index in [1.807, 2.05) is 31.2 Å². The Labute approximate surface area is 197 Å². The van der Waals surface area contributed by atoms with Gasteiger partial charge in [-0.05, 0) is 43.3 Å². The van der Waals surface area contributed by atoms with E-state index in [0.29, 0.717) is 46.6 Å². The van der Waals surface area contributed by atoms with Crippen molar-refractivity contribution in [1.82, 2.24) is 4.98 Å². The van der Waals surface area contributed by atoms with Gasteiger partial charge in [-0.3, -0.25) is 4.79 Å². The fourth-order valence-corrected chi connectivity index (χ4v) is 3.28. The molecular formula is C27H23N3O4. The minimum Gasteiger partial charge on any atom is -0.493 e. The molecule has 0 radical (unpaired) electrons. The van der Waals surface area contributed by atoms with Gasteiger partial charge in [0.25, 0.3) is 0 Å². The lowest BCUT2D eigenvalue weighted by Crippen LogP contribution is -2.12. The van der Waals surface area contributed by atoms with Gasteiger partial charge in [0.1, 0.15) is 5.75 Å². The first-order valence-corrected chi connectivity index (χ1v) is 10.7. The Morgan fingerprint density at radius 2 is 1.82 bits per heavy atom. The minimum absolute atomic E-state index is 0.141. The van der Waals surface area contributed by atoms with Gasteiger partial charge in [0.15, 0.2) is 23.1 Å². The van der Waals surface area contributed by atoms with Gasteiger partial charge in [0.2, 0.25) is 5.91 Å². The smallest absolute Gasteiger partial charge is 0.224 e. The first-order chi connectivity index (χ1) is 16.5. The molecule has 1 aromatic heterocycles. The van der Waals surface area contributed by atoms with Crippen molar-refractivity contribution in [2.75, 3.05) is 12.4 Å². The molecule has 0 saturated carbocycles. The highest BCUT2D eigenvalue weighted by Crippen LogP contribution is 2.32. The number of nitrogens with zero attached hydrogens (tertiary/aromatic N) is 2. The third-order valence-corrected chi connectivity index (χ3v) is 5.11. The molecule has 0 atom stereocenters. The van der Waals surface area contributed by atoms with E-state index < -0.39 is 0 Å². The van der Waals surface area contributed by atoms with Crippen molar-refractivity contribution in [3.63, 3.8) is 0 Å². The first kappa shape index (κ1) is 22.6. The SMILES string of the molecule is COc1cc(C#N)ccc1Oc1ccc(NC(=O)CCc2ncc(-c3ccc(C)cc3)o2)cc1. The third-order valence-electron chi connectivity index (χ3n) is 5.11. The second-order valence-electron chi connectivity index (χ2n) is 7.64. The van der Waals surface area contributed by atoms with Crippen molar-refractivity contribution in [1.29, 1.82) is 5.26 Å². The van der Waals surface area contributed by atoms with E-state index in [9.17, 15) is 4.79 Å². The quantitative estimate of drug-likeness (QED) is 0.357. The minimum atomic E-state index is -0.141. The van der Waals surface area contributed by atoms with Crippen molar-refractivity contribution < 1.29 is 18.7 Å². The molecule has 4 rings (SSSR count). The maximum absolute atomic E-state index is 12.4. The summed E-state index contributed by atoms with van der Waals surface area (Å²) in [6.45, 7) is 2.03. The summed E-state index contributed by atoms with van der Waals surface area (Å²) in [5.74, 6) is 2.60. The van der Waals surface area contributed by atoms with Gasteiger partial charge in [-0.15, -0.1) is 0 Å². The molecular weight excluding hydrogens is 430 g/mol.